The lowest BCUT2D eigenvalue weighted by molar-refractivity contribution is -0.0593. The van der Waals surface area contributed by atoms with Gasteiger partial charge in [0.05, 0.1) is 25.9 Å². The van der Waals surface area contributed by atoms with Gasteiger partial charge >= 0.3 is 13.4 Å². The fourth-order valence-electron chi connectivity index (χ4n) is 5.39. The molecule has 248 valence electrons. The van der Waals surface area contributed by atoms with E-state index in [0.29, 0.717) is 0 Å². The molecular formula is C20H24N10O12P2S2. The summed E-state index contributed by atoms with van der Waals surface area (Å²) < 4.78 is 36.8. The zero-order valence-electron chi connectivity index (χ0n) is 22.8. The number of anilines is 2. The minimum atomic E-state index is -4.21. The summed E-state index contributed by atoms with van der Waals surface area (Å²) in [6, 6.07) is 0. The predicted octanol–water partition coefficient (Wildman–Crippen LogP) is -2.82. The van der Waals surface area contributed by atoms with E-state index in [-0.39, 0.29) is 34.2 Å². The number of aliphatic hydroxyl groups is 2. The highest BCUT2D eigenvalue weighted by Gasteiger charge is 2.52. The molecule has 4 aromatic heterocycles. The van der Waals surface area contributed by atoms with Gasteiger partial charge in [-0.15, -0.1) is 0 Å². The minimum absolute atomic E-state index is 0.0273. The molecule has 0 aliphatic carbocycles. The Morgan fingerprint density at radius 2 is 1.17 bits per heavy atom. The average Bonchev–Trinajstić information content (AvgIpc) is 3.72. The zero-order valence-corrected chi connectivity index (χ0v) is 26.2. The molecule has 0 amide bonds. The molecule has 22 nitrogen and oxygen atoms in total. The molecule has 0 spiro atoms. The Labute approximate surface area is 264 Å². The maximum Gasteiger partial charge on any atom is 0.325 e. The third-order valence-electron chi connectivity index (χ3n) is 7.38. The van der Waals surface area contributed by atoms with Crippen LogP contribution in [0.3, 0.4) is 0 Å². The van der Waals surface area contributed by atoms with Crippen LogP contribution in [0.1, 0.15) is 12.5 Å². The lowest BCUT2D eigenvalue weighted by Gasteiger charge is -2.30. The summed E-state index contributed by atoms with van der Waals surface area (Å²) in [7, 11) is 0. The maximum absolute atomic E-state index is 12.3. The first-order valence-corrected chi connectivity index (χ1v) is 18.3. The van der Waals surface area contributed by atoms with Gasteiger partial charge in [-0.3, -0.25) is 37.7 Å². The largest absolute Gasteiger partial charge is 0.386 e. The van der Waals surface area contributed by atoms with Crippen LogP contribution in [0.15, 0.2) is 22.2 Å². The van der Waals surface area contributed by atoms with E-state index < -0.39 is 86.8 Å². The number of nitrogens with one attached hydrogen (secondary N) is 2. The van der Waals surface area contributed by atoms with Crippen molar-refractivity contribution < 1.29 is 47.6 Å². The van der Waals surface area contributed by atoms with E-state index in [1.54, 1.807) is 0 Å². The second-order valence-corrected chi connectivity index (χ2v) is 15.9. The number of aliphatic hydroxyl groups excluding tert-OH is 2. The predicted molar refractivity (Wildman–Crippen MR) is 160 cm³/mol. The van der Waals surface area contributed by atoms with Crippen molar-refractivity contribution in [2.24, 2.45) is 0 Å². The number of rotatable bonds is 2. The van der Waals surface area contributed by atoms with Gasteiger partial charge in [0, 0.05) is 0 Å². The number of imidazole rings is 2. The molecule has 0 bridgehead atoms. The molecule has 0 saturated carbocycles. The first kappa shape index (κ1) is 31.8. The molecule has 7 heterocycles. The highest BCUT2D eigenvalue weighted by molar-refractivity contribution is 8.07. The first-order valence-electron chi connectivity index (χ1n) is 13.1. The molecule has 4 unspecified atom stereocenters. The Balaban J connectivity index is 1.18. The number of nitrogen functional groups attached to an aromatic ring is 2. The van der Waals surface area contributed by atoms with Crippen LogP contribution in [0.5, 0.6) is 0 Å². The van der Waals surface area contributed by atoms with Crippen LogP contribution < -0.4 is 22.6 Å². The van der Waals surface area contributed by atoms with Gasteiger partial charge in [-0.2, -0.15) is 9.97 Å². The van der Waals surface area contributed by atoms with Crippen LogP contribution in [0, 0.1) is 0 Å². The molecule has 4 aromatic rings. The summed E-state index contributed by atoms with van der Waals surface area (Å²) in [5.41, 5.74) is 9.84. The van der Waals surface area contributed by atoms with E-state index in [1.165, 1.54) is 21.8 Å². The molecule has 0 radical (unpaired) electrons. The highest BCUT2D eigenvalue weighted by atomic mass is 32.5. The van der Waals surface area contributed by atoms with Crippen molar-refractivity contribution in [3.8, 4) is 0 Å². The molecule has 3 saturated heterocycles. The van der Waals surface area contributed by atoms with Crippen LogP contribution in [-0.2, 0) is 51.2 Å². The number of hydrogen-bond donors (Lipinski definition) is 8. The molecule has 10 atom stereocenters. The van der Waals surface area contributed by atoms with Crippen LogP contribution in [0.2, 0.25) is 0 Å². The third kappa shape index (κ3) is 5.58. The fourth-order valence-corrected chi connectivity index (χ4v) is 8.28. The molecule has 0 aromatic carbocycles. The van der Waals surface area contributed by atoms with Crippen molar-refractivity contribution in [1.82, 2.24) is 39.0 Å². The van der Waals surface area contributed by atoms with Crippen molar-refractivity contribution in [2.75, 3.05) is 24.7 Å². The Morgan fingerprint density at radius 3 is 1.57 bits per heavy atom. The number of nitrogens with zero attached hydrogens (tertiary/aromatic N) is 6. The summed E-state index contributed by atoms with van der Waals surface area (Å²) in [6.45, 7) is -9.57. The third-order valence-corrected chi connectivity index (χ3v) is 10.5. The number of H-pyrrole nitrogens is 2. The van der Waals surface area contributed by atoms with Gasteiger partial charge in [-0.05, 0) is 23.6 Å². The lowest BCUT2D eigenvalue weighted by atomic mass is 10.1. The number of hydrogen-bond acceptors (Lipinski definition) is 18. The van der Waals surface area contributed by atoms with Gasteiger partial charge in [-0.25, -0.2) is 9.97 Å². The van der Waals surface area contributed by atoms with Gasteiger partial charge in [0.1, 0.15) is 36.6 Å². The van der Waals surface area contributed by atoms with E-state index in [9.17, 15) is 29.6 Å². The smallest absolute Gasteiger partial charge is 0.325 e. The van der Waals surface area contributed by atoms with E-state index >= 15 is 0 Å². The van der Waals surface area contributed by atoms with Crippen LogP contribution in [-0.4, -0.2) is 109 Å². The summed E-state index contributed by atoms with van der Waals surface area (Å²) in [5.74, 6) is -0.440. The van der Waals surface area contributed by atoms with Gasteiger partial charge in [0.15, 0.2) is 34.8 Å². The summed E-state index contributed by atoms with van der Waals surface area (Å²) >= 11 is 10.4. The second-order valence-electron chi connectivity index (χ2n) is 10.3. The second kappa shape index (κ2) is 11.4. The van der Waals surface area contributed by atoms with Crippen molar-refractivity contribution >= 4 is 71.3 Å². The SMILES string of the molecule is Nc1nc2c(ncn2[C@@H]2O[C@@H]3COP(O)(=S)O[C@@H]4C(O)[C@H](n5cnc6c(=O)[nH]c(N)nc65)O[C@@H]4COP(O)(=S)O[C@@H]3C2O)c(=O)[nH]1. The monoisotopic (exact) mass is 722 g/mol. The summed E-state index contributed by atoms with van der Waals surface area (Å²) in [5, 5.41) is 22.5. The van der Waals surface area contributed by atoms with Gasteiger partial charge < -0.3 is 50.0 Å². The Bertz CT molecular complexity index is 1910. The van der Waals surface area contributed by atoms with E-state index in [4.69, 9.17) is 62.6 Å². The average molecular weight is 723 g/mol. The Kier molecular flexibility index (Phi) is 7.89. The van der Waals surface area contributed by atoms with Crippen molar-refractivity contribution in [2.45, 2.75) is 49.1 Å². The van der Waals surface area contributed by atoms with Crippen LogP contribution >= 0.6 is 13.4 Å². The van der Waals surface area contributed by atoms with E-state index in [1.807, 2.05) is 0 Å². The Hall–Kier alpha value is -2.80. The number of aromatic amines is 2. The molecular weight excluding hydrogens is 698 g/mol. The Morgan fingerprint density at radius 1 is 0.783 bits per heavy atom. The molecule has 10 N–H and O–H groups in total. The number of fused-ring (bicyclic) bond motifs is 4. The molecule has 7 rings (SSSR count). The molecule has 3 fully saturated rings. The lowest BCUT2D eigenvalue weighted by Crippen LogP contribution is -2.39. The highest BCUT2D eigenvalue weighted by Crippen LogP contribution is 2.54. The molecule has 3 aliphatic rings. The van der Waals surface area contributed by atoms with Gasteiger partial charge in [0.25, 0.3) is 11.1 Å². The van der Waals surface area contributed by atoms with Crippen molar-refractivity contribution in [3.63, 3.8) is 0 Å². The molecule has 26 heteroatoms. The fraction of sp³-hybridized carbons (Fsp3) is 0.500. The molecule has 3 aliphatic heterocycles. The maximum atomic E-state index is 12.3. The van der Waals surface area contributed by atoms with Gasteiger partial charge in [0.2, 0.25) is 11.9 Å². The van der Waals surface area contributed by atoms with Gasteiger partial charge in [-0.1, -0.05) is 0 Å². The minimum Gasteiger partial charge on any atom is -0.386 e. The first-order chi connectivity index (χ1) is 21.7. The zero-order chi connectivity index (χ0) is 32.7. The van der Waals surface area contributed by atoms with Crippen LogP contribution in [0.25, 0.3) is 22.3 Å². The van der Waals surface area contributed by atoms with E-state index in [2.05, 4.69) is 29.9 Å². The number of aromatic nitrogens is 8. The topological polar surface area (TPSA) is 315 Å². The summed E-state index contributed by atoms with van der Waals surface area (Å²) in [4.78, 5) is 67.3. The van der Waals surface area contributed by atoms with Crippen molar-refractivity contribution in [3.05, 3.63) is 33.4 Å². The van der Waals surface area contributed by atoms with E-state index in [0.717, 1.165) is 0 Å². The summed E-state index contributed by atoms with van der Waals surface area (Å²) in [6.07, 6.45) is -8.84. The van der Waals surface area contributed by atoms with Crippen LogP contribution in [0.4, 0.5) is 11.9 Å². The molecule has 46 heavy (non-hydrogen) atoms. The quantitative estimate of drug-likeness (QED) is 0.0968. The number of nitrogens with two attached hydrogens (primary N) is 2. The number of ether oxygens (including phenoxy) is 2. The standard InChI is InChI=1S/C20H24N10O12P2S2/c21-19-25-13-7(15(33)27-19)23-3-29(13)17-9(31)11-5(39-17)1-37-43(35,45)42-12-6(2-38-44(36,46)41-11)40-18(10(12)32)30-4-24-8-14(30)26-20(22)28-16(8)34/h3-6,9-12,17-18,31-32H,1-2H2,(H,35,45)(H,36,46)(H3,21,25,27,33)(H3,22,26,28,34)/t5-,6-,9?,10?,11+,12+,17-,18-,43?,44?/m1/s1. The van der Waals surface area contributed by atoms with Crippen molar-refractivity contribution in [1.29, 1.82) is 0 Å². The normalized spacial score (nSPS) is 37.1.